The van der Waals surface area contributed by atoms with E-state index in [-0.39, 0.29) is 34.7 Å². The number of hydrogen-bond acceptors (Lipinski definition) is 8. The highest BCUT2D eigenvalue weighted by atomic mass is 32.2. The molecule has 3 unspecified atom stereocenters. The van der Waals surface area contributed by atoms with Crippen LogP contribution in [0.3, 0.4) is 0 Å². The summed E-state index contributed by atoms with van der Waals surface area (Å²) in [6.07, 6.45) is 4.79. The molecule has 190 valence electrons. The van der Waals surface area contributed by atoms with Gasteiger partial charge in [0.05, 0.1) is 22.8 Å². The van der Waals surface area contributed by atoms with Gasteiger partial charge in [0, 0.05) is 24.3 Å². The number of sulfone groups is 1. The highest BCUT2D eigenvalue weighted by molar-refractivity contribution is 7.90. The van der Waals surface area contributed by atoms with Crippen molar-refractivity contribution in [2.24, 2.45) is 5.92 Å². The first kappa shape index (κ1) is 25.2. The molecule has 1 N–H and O–H groups in total. The molecule has 0 saturated carbocycles. The lowest BCUT2D eigenvalue weighted by Gasteiger charge is -2.28. The quantitative estimate of drug-likeness (QED) is 0.620. The van der Waals surface area contributed by atoms with E-state index in [4.69, 9.17) is 9.47 Å². The molecular weight excluding hydrogens is 475 g/mol. The van der Waals surface area contributed by atoms with Crippen molar-refractivity contribution < 1.29 is 27.1 Å². The maximum absolute atomic E-state index is 14.5. The molecule has 2 bridgehead atoms. The highest BCUT2D eigenvalue weighted by Crippen LogP contribution is 2.42. The van der Waals surface area contributed by atoms with Crippen molar-refractivity contribution in [3.63, 3.8) is 0 Å². The monoisotopic (exact) mass is 506 g/mol. The van der Waals surface area contributed by atoms with Crippen LogP contribution in [0.1, 0.15) is 45.6 Å². The molecule has 3 atom stereocenters. The van der Waals surface area contributed by atoms with Gasteiger partial charge in [0.25, 0.3) is 0 Å². The van der Waals surface area contributed by atoms with Gasteiger partial charge in [-0.1, -0.05) is 0 Å². The van der Waals surface area contributed by atoms with E-state index in [1.807, 2.05) is 25.7 Å². The summed E-state index contributed by atoms with van der Waals surface area (Å²) in [4.78, 5) is 22.8. The number of ether oxygens (including phenoxy) is 2. The van der Waals surface area contributed by atoms with E-state index >= 15 is 0 Å². The second-order valence-electron chi connectivity index (χ2n) is 10.2. The number of anilines is 2. The van der Waals surface area contributed by atoms with Gasteiger partial charge in [-0.25, -0.2) is 27.6 Å². The van der Waals surface area contributed by atoms with Crippen LogP contribution in [0.5, 0.6) is 5.88 Å². The first-order valence-electron chi connectivity index (χ1n) is 11.6. The fourth-order valence-corrected chi connectivity index (χ4v) is 5.37. The Bertz CT molecular complexity index is 1230. The summed E-state index contributed by atoms with van der Waals surface area (Å²) < 4.78 is 49.4. The van der Waals surface area contributed by atoms with Crippen LogP contribution in [-0.4, -0.2) is 59.9 Å². The van der Waals surface area contributed by atoms with E-state index in [1.165, 1.54) is 18.5 Å². The number of rotatable bonds is 6. The average Bonchev–Trinajstić information content (AvgIpc) is 3.32. The second-order valence-corrected chi connectivity index (χ2v) is 12.2. The first-order valence-corrected chi connectivity index (χ1v) is 13.4. The van der Waals surface area contributed by atoms with Crippen molar-refractivity contribution in [2.75, 3.05) is 18.2 Å². The van der Waals surface area contributed by atoms with E-state index in [0.717, 1.165) is 31.6 Å². The topological polar surface area (TPSA) is 111 Å². The van der Waals surface area contributed by atoms with Gasteiger partial charge < -0.3 is 19.7 Å². The van der Waals surface area contributed by atoms with Crippen LogP contribution in [0.4, 0.5) is 20.7 Å². The lowest BCUT2D eigenvalue weighted by molar-refractivity contribution is 0.0198. The maximum atomic E-state index is 14.5. The molecule has 0 radical (unpaired) electrons. The predicted octanol–water partition coefficient (Wildman–Crippen LogP) is 4.24. The molecule has 0 spiro atoms. The smallest absolute Gasteiger partial charge is 0.410 e. The average molecular weight is 507 g/mol. The molecule has 1 aromatic carbocycles. The van der Waals surface area contributed by atoms with Crippen LogP contribution in [-0.2, 0) is 14.6 Å². The van der Waals surface area contributed by atoms with Crippen molar-refractivity contribution >= 4 is 27.4 Å². The fraction of sp³-hybridized carbons (Fsp3) is 0.542. The predicted molar refractivity (Wildman–Crippen MR) is 128 cm³/mol. The number of nitrogens with zero attached hydrogens (tertiary/aromatic N) is 3. The van der Waals surface area contributed by atoms with Crippen molar-refractivity contribution in [3.8, 4) is 5.88 Å². The highest BCUT2D eigenvalue weighted by Gasteiger charge is 2.50. The Kier molecular flexibility index (Phi) is 6.65. The second kappa shape index (κ2) is 9.25. The van der Waals surface area contributed by atoms with Crippen molar-refractivity contribution in [2.45, 2.75) is 69.5 Å². The molecule has 0 aliphatic carbocycles. The zero-order chi connectivity index (χ0) is 25.5. The third-order valence-corrected chi connectivity index (χ3v) is 7.47. The summed E-state index contributed by atoms with van der Waals surface area (Å²) in [5.74, 6) is 0.164. The Labute approximate surface area is 205 Å². The molecule has 11 heteroatoms. The van der Waals surface area contributed by atoms with E-state index < -0.39 is 21.3 Å². The van der Waals surface area contributed by atoms with Gasteiger partial charge in [0.1, 0.15) is 23.6 Å². The zero-order valence-electron chi connectivity index (χ0n) is 20.5. The van der Waals surface area contributed by atoms with Gasteiger partial charge in [-0.05, 0) is 65.2 Å². The van der Waals surface area contributed by atoms with Crippen LogP contribution in [0, 0.1) is 18.7 Å². The van der Waals surface area contributed by atoms with Gasteiger partial charge in [-0.2, -0.15) is 0 Å². The number of carbonyl (C=O) groups excluding carboxylic acids is 1. The van der Waals surface area contributed by atoms with Crippen LogP contribution in [0.25, 0.3) is 0 Å². The molecule has 9 nitrogen and oxygen atoms in total. The molecule has 2 saturated heterocycles. The van der Waals surface area contributed by atoms with Gasteiger partial charge in [0.2, 0.25) is 5.88 Å². The maximum Gasteiger partial charge on any atom is 0.410 e. The lowest BCUT2D eigenvalue weighted by atomic mass is 9.90. The third-order valence-electron chi connectivity index (χ3n) is 6.36. The minimum Gasteiger partial charge on any atom is -0.477 e. The Morgan fingerprint density at radius 1 is 1.26 bits per heavy atom. The summed E-state index contributed by atoms with van der Waals surface area (Å²) in [6, 6.07) is 3.88. The third kappa shape index (κ3) is 5.50. The number of amides is 1. The SMILES string of the molecule is Cc1c(Nc2ccc(S(C)(=O)=O)cc2F)ncnc1OCC1CC2CCC1N2C(=O)OC(C)(C)C. The Balaban J connectivity index is 1.43. The molecule has 2 aliphatic rings. The first-order chi connectivity index (χ1) is 16.3. The Morgan fingerprint density at radius 2 is 2.00 bits per heavy atom. The molecule has 2 aromatic rings. The number of carbonyl (C=O) groups is 1. The van der Waals surface area contributed by atoms with Crippen molar-refractivity contribution in [1.82, 2.24) is 14.9 Å². The summed E-state index contributed by atoms with van der Waals surface area (Å²) in [5.41, 5.74) is 0.134. The summed E-state index contributed by atoms with van der Waals surface area (Å²) >= 11 is 0. The van der Waals surface area contributed by atoms with E-state index in [9.17, 15) is 17.6 Å². The van der Waals surface area contributed by atoms with Gasteiger partial charge in [0.15, 0.2) is 9.84 Å². The molecule has 2 fully saturated rings. The Morgan fingerprint density at radius 3 is 2.66 bits per heavy atom. The molecule has 1 aromatic heterocycles. The largest absolute Gasteiger partial charge is 0.477 e. The number of hydrogen-bond donors (Lipinski definition) is 1. The molecule has 2 aliphatic heterocycles. The Hall–Kier alpha value is -2.95. The van der Waals surface area contributed by atoms with Crippen LogP contribution < -0.4 is 10.1 Å². The summed E-state index contributed by atoms with van der Waals surface area (Å²) in [6.45, 7) is 7.72. The number of aromatic nitrogens is 2. The van der Waals surface area contributed by atoms with Gasteiger partial charge >= 0.3 is 6.09 Å². The number of benzene rings is 1. The van der Waals surface area contributed by atoms with Crippen LogP contribution in [0.15, 0.2) is 29.4 Å². The molecule has 3 heterocycles. The van der Waals surface area contributed by atoms with Crippen LogP contribution in [0.2, 0.25) is 0 Å². The number of nitrogens with one attached hydrogen (secondary N) is 1. The van der Waals surface area contributed by atoms with Crippen LogP contribution >= 0.6 is 0 Å². The molecule has 4 rings (SSSR count). The molecule has 35 heavy (non-hydrogen) atoms. The van der Waals surface area contributed by atoms with E-state index in [0.29, 0.717) is 23.9 Å². The zero-order valence-corrected chi connectivity index (χ0v) is 21.4. The molecule has 1 amide bonds. The minimum absolute atomic E-state index is 0.0667. The standard InChI is InChI=1S/C24H31FN4O5S/c1-14-21(28-19-8-7-17(11-18(19)25)35(5,31)32)26-13-27-22(14)33-12-15-10-16-6-9-20(15)29(16)23(30)34-24(2,3)4/h7-8,11,13,15-16,20H,6,9-10,12H2,1-5H3,(H,26,27,28). The van der Waals surface area contributed by atoms with Crippen molar-refractivity contribution in [1.29, 1.82) is 0 Å². The number of fused-ring (bicyclic) bond motifs is 2. The number of halogens is 1. The normalized spacial score (nSPS) is 21.8. The van der Waals surface area contributed by atoms with E-state index in [1.54, 1.807) is 6.92 Å². The summed E-state index contributed by atoms with van der Waals surface area (Å²) in [7, 11) is -3.51. The molecular formula is C24H31FN4O5S. The van der Waals surface area contributed by atoms with E-state index in [2.05, 4.69) is 15.3 Å². The van der Waals surface area contributed by atoms with Crippen molar-refractivity contribution in [3.05, 3.63) is 35.9 Å². The van der Waals surface area contributed by atoms with Gasteiger partial charge in [-0.3, -0.25) is 0 Å². The van der Waals surface area contributed by atoms with Gasteiger partial charge in [-0.15, -0.1) is 0 Å². The lowest BCUT2D eigenvalue weighted by Crippen LogP contribution is -2.41. The minimum atomic E-state index is -3.51. The summed E-state index contributed by atoms with van der Waals surface area (Å²) in [5, 5.41) is 2.89. The fourth-order valence-electron chi connectivity index (χ4n) is 4.74.